The van der Waals surface area contributed by atoms with Crippen LogP contribution in [0.1, 0.15) is 37.8 Å². The fourth-order valence-corrected chi connectivity index (χ4v) is 1.93. The van der Waals surface area contributed by atoms with Gasteiger partial charge in [0.05, 0.1) is 0 Å². The molecule has 4 nitrogen and oxygen atoms in total. The summed E-state index contributed by atoms with van der Waals surface area (Å²) in [6.07, 6.45) is 3.19. The van der Waals surface area contributed by atoms with Gasteiger partial charge in [-0.2, -0.15) is 0 Å². The van der Waals surface area contributed by atoms with E-state index in [0.717, 1.165) is 24.0 Å². The van der Waals surface area contributed by atoms with Gasteiger partial charge in [-0.3, -0.25) is 9.59 Å². The number of aryl methyl sites for hydroxylation is 1. The van der Waals surface area contributed by atoms with E-state index in [1.807, 2.05) is 38.1 Å². The number of nitrogens with one attached hydrogen (secondary N) is 2. The van der Waals surface area contributed by atoms with Gasteiger partial charge in [-0.05, 0) is 30.9 Å². The fourth-order valence-electron chi connectivity index (χ4n) is 1.93. The first-order valence-electron chi connectivity index (χ1n) is 7.32. The molecule has 1 aromatic carbocycles. The highest BCUT2D eigenvalue weighted by Crippen LogP contribution is 2.18. The van der Waals surface area contributed by atoms with Crippen LogP contribution in [0.4, 0.5) is 0 Å². The van der Waals surface area contributed by atoms with Crippen molar-refractivity contribution >= 4 is 17.4 Å². The first-order chi connectivity index (χ1) is 10.0. The van der Waals surface area contributed by atoms with E-state index < -0.39 is 0 Å². The lowest BCUT2D eigenvalue weighted by Crippen LogP contribution is -2.27. The average molecular weight is 288 g/mol. The Hall–Kier alpha value is -2.10. The lowest BCUT2D eigenvalue weighted by molar-refractivity contribution is -0.119. The van der Waals surface area contributed by atoms with E-state index in [1.165, 1.54) is 12.5 Å². The molecule has 0 saturated carbocycles. The summed E-state index contributed by atoms with van der Waals surface area (Å²) in [7, 11) is 0. The zero-order chi connectivity index (χ0) is 15.7. The summed E-state index contributed by atoms with van der Waals surface area (Å²) < 4.78 is 0. The molecule has 0 spiro atoms. The van der Waals surface area contributed by atoms with Crippen molar-refractivity contribution in [1.29, 1.82) is 0 Å². The Morgan fingerprint density at radius 1 is 1.10 bits per heavy atom. The molecule has 0 aromatic heterocycles. The molecule has 0 fully saturated rings. The maximum Gasteiger partial charge on any atom is 0.244 e. The molecule has 2 amide bonds. The molecule has 0 heterocycles. The number of benzene rings is 1. The molecule has 0 aliphatic heterocycles. The van der Waals surface area contributed by atoms with Crippen molar-refractivity contribution in [3.63, 3.8) is 0 Å². The van der Waals surface area contributed by atoms with E-state index in [1.54, 1.807) is 6.08 Å². The highest BCUT2D eigenvalue weighted by molar-refractivity contribution is 5.95. The predicted molar refractivity (Wildman–Crippen MR) is 85.8 cm³/mol. The van der Waals surface area contributed by atoms with Crippen LogP contribution in [0.5, 0.6) is 0 Å². The molecule has 0 aliphatic rings. The molecule has 21 heavy (non-hydrogen) atoms. The molecule has 1 aromatic rings. The van der Waals surface area contributed by atoms with Gasteiger partial charge >= 0.3 is 0 Å². The second-order valence-electron chi connectivity index (χ2n) is 5.02. The minimum Gasteiger partial charge on any atom is -0.356 e. The van der Waals surface area contributed by atoms with E-state index in [-0.39, 0.29) is 11.8 Å². The van der Waals surface area contributed by atoms with Crippen molar-refractivity contribution in [1.82, 2.24) is 10.6 Å². The molecule has 1 rings (SSSR count). The van der Waals surface area contributed by atoms with Gasteiger partial charge in [0, 0.05) is 26.1 Å². The zero-order valence-electron chi connectivity index (χ0n) is 13.0. The topological polar surface area (TPSA) is 58.2 Å². The molecular formula is C17H24N2O2. The molecule has 2 N–H and O–H groups in total. The van der Waals surface area contributed by atoms with Gasteiger partial charge in [0.25, 0.3) is 0 Å². The van der Waals surface area contributed by atoms with Gasteiger partial charge in [0.1, 0.15) is 0 Å². The SMILES string of the molecule is CC/C(=C/C(=O)NCCCNC(C)=O)c1ccc(C)cc1. The Kier molecular flexibility index (Phi) is 7.23. The number of hydrogen-bond acceptors (Lipinski definition) is 2. The third kappa shape index (κ3) is 6.75. The Labute approximate surface area is 126 Å². The van der Waals surface area contributed by atoms with E-state index in [4.69, 9.17) is 0 Å². The number of carbonyl (C=O) groups excluding carboxylic acids is 2. The number of hydrogen-bond donors (Lipinski definition) is 2. The van der Waals surface area contributed by atoms with Crippen molar-refractivity contribution < 1.29 is 9.59 Å². The molecule has 0 aliphatic carbocycles. The van der Waals surface area contributed by atoms with E-state index >= 15 is 0 Å². The lowest BCUT2D eigenvalue weighted by Gasteiger charge is -2.07. The van der Waals surface area contributed by atoms with Crippen LogP contribution in [-0.4, -0.2) is 24.9 Å². The summed E-state index contributed by atoms with van der Waals surface area (Å²) in [4.78, 5) is 22.6. The summed E-state index contributed by atoms with van der Waals surface area (Å²) in [5.41, 5.74) is 3.31. The van der Waals surface area contributed by atoms with Crippen molar-refractivity contribution in [3.8, 4) is 0 Å². The molecule has 114 valence electrons. The maximum atomic E-state index is 11.9. The largest absolute Gasteiger partial charge is 0.356 e. The molecule has 0 atom stereocenters. The number of rotatable bonds is 7. The van der Waals surface area contributed by atoms with Gasteiger partial charge in [0.2, 0.25) is 11.8 Å². The zero-order valence-corrected chi connectivity index (χ0v) is 13.0. The Morgan fingerprint density at radius 3 is 2.29 bits per heavy atom. The van der Waals surface area contributed by atoms with Crippen molar-refractivity contribution in [2.45, 2.75) is 33.6 Å². The standard InChI is InChI=1S/C17H24N2O2/c1-4-15(16-8-6-13(2)7-9-16)12-17(21)19-11-5-10-18-14(3)20/h6-9,12H,4-5,10-11H2,1-3H3,(H,18,20)(H,19,21)/b15-12-. The highest BCUT2D eigenvalue weighted by Gasteiger charge is 2.03. The number of amides is 2. The van der Waals surface area contributed by atoms with Crippen molar-refractivity contribution in [2.24, 2.45) is 0 Å². The summed E-state index contributed by atoms with van der Waals surface area (Å²) in [5, 5.41) is 5.53. The minimum atomic E-state index is -0.0877. The molecule has 0 radical (unpaired) electrons. The van der Waals surface area contributed by atoms with Crippen LogP contribution in [0, 0.1) is 6.92 Å². The third-order valence-corrected chi connectivity index (χ3v) is 3.14. The maximum absolute atomic E-state index is 11.9. The van der Waals surface area contributed by atoms with Gasteiger partial charge in [-0.25, -0.2) is 0 Å². The number of carbonyl (C=O) groups is 2. The predicted octanol–water partition coefficient (Wildman–Crippen LogP) is 2.43. The van der Waals surface area contributed by atoms with Crippen molar-refractivity contribution in [3.05, 3.63) is 41.5 Å². The van der Waals surface area contributed by atoms with Gasteiger partial charge in [-0.15, -0.1) is 0 Å². The van der Waals surface area contributed by atoms with Crippen LogP contribution in [0.3, 0.4) is 0 Å². The summed E-state index contributed by atoms with van der Waals surface area (Å²) >= 11 is 0. The third-order valence-electron chi connectivity index (χ3n) is 3.14. The molecule has 4 heteroatoms. The van der Waals surface area contributed by atoms with E-state index in [2.05, 4.69) is 10.6 Å². The fraction of sp³-hybridized carbons (Fsp3) is 0.412. The second-order valence-corrected chi connectivity index (χ2v) is 5.02. The summed E-state index contributed by atoms with van der Waals surface area (Å²) in [6, 6.07) is 8.16. The minimum absolute atomic E-state index is 0.0473. The van der Waals surface area contributed by atoms with E-state index in [0.29, 0.717) is 13.1 Å². The monoisotopic (exact) mass is 288 g/mol. The summed E-state index contributed by atoms with van der Waals surface area (Å²) in [6.45, 7) is 6.70. The molecule has 0 unspecified atom stereocenters. The van der Waals surface area contributed by atoms with Gasteiger partial charge < -0.3 is 10.6 Å². The van der Waals surface area contributed by atoms with Crippen LogP contribution in [0.15, 0.2) is 30.3 Å². The average Bonchev–Trinajstić information content (AvgIpc) is 2.45. The first kappa shape index (κ1) is 17.0. The normalized spacial score (nSPS) is 11.1. The number of allylic oxidation sites excluding steroid dienone is 1. The quantitative estimate of drug-likeness (QED) is 0.598. The molecule has 0 bridgehead atoms. The van der Waals surface area contributed by atoms with Gasteiger partial charge in [0.15, 0.2) is 0 Å². The van der Waals surface area contributed by atoms with Crippen LogP contribution in [0.25, 0.3) is 5.57 Å². The Morgan fingerprint density at radius 2 is 1.71 bits per heavy atom. The smallest absolute Gasteiger partial charge is 0.244 e. The highest BCUT2D eigenvalue weighted by atomic mass is 16.2. The van der Waals surface area contributed by atoms with Crippen LogP contribution >= 0.6 is 0 Å². The first-order valence-corrected chi connectivity index (χ1v) is 7.32. The Balaban J connectivity index is 2.48. The van der Waals surface area contributed by atoms with Gasteiger partial charge in [-0.1, -0.05) is 36.8 Å². The van der Waals surface area contributed by atoms with Crippen LogP contribution in [-0.2, 0) is 9.59 Å². The second kappa shape index (κ2) is 8.95. The molecule has 0 saturated heterocycles. The van der Waals surface area contributed by atoms with Crippen LogP contribution in [0.2, 0.25) is 0 Å². The lowest BCUT2D eigenvalue weighted by atomic mass is 10.0. The Bertz CT molecular complexity index is 504. The summed E-state index contributed by atoms with van der Waals surface area (Å²) in [5.74, 6) is -0.135. The van der Waals surface area contributed by atoms with Crippen molar-refractivity contribution in [2.75, 3.05) is 13.1 Å². The van der Waals surface area contributed by atoms with Crippen LogP contribution < -0.4 is 10.6 Å². The van der Waals surface area contributed by atoms with E-state index in [9.17, 15) is 9.59 Å². The molecular weight excluding hydrogens is 264 g/mol.